The molecule has 1 atom stereocenters. The van der Waals surface area contributed by atoms with Crippen molar-refractivity contribution >= 4 is 45.0 Å². The number of ether oxygens (including phenoxy) is 1. The molecule has 2 N–H and O–H groups in total. The van der Waals surface area contributed by atoms with Crippen LogP contribution in [0.4, 0.5) is 5.69 Å². The number of anilines is 1. The molecule has 0 aliphatic carbocycles. The fraction of sp³-hybridized carbons (Fsp3) is 0.350. The van der Waals surface area contributed by atoms with Gasteiger partial charge in [-0.25, -0.2) is 13.1 Å². The average Bonchev–Trinajstić information content (AvgIpc) is 2.66. The van der Waals surface area contributed by atoms with E-state index < -0.39 is 10.0 Å². The molecule has 9 heteroatoms. The van der Waals surface area contributed by atoms with Gasteiger partial charge >= 0.3 is 0 Å². The van der Waals surface area contributed by atoms with E-state index in [2.05, 4.69) is 10.0 Å². The zero-order valence-electron chi connectivity index (χ0n) is 16.7. The molecule has 0 fully saturated rings. The Morgan fingerprint density at radius 1 is 1.17 bits per heavy atom. The summed E-state index contributed by atoms with van der Waals surface area (Å²) in [5.41, 5.74) is 0.305. The number of rotatable bonds is 9. The molecule has 2 aromatic rings. The van der Waals surface area contributed by atoms with Gasteiger partial charge < -0.3 is 10.1 Å². The highest BCUT2D eigenvalue weighted by molar-refractivity contribution is 8.00. The van der Waals surface area contributed by atoms with Crippen LogP contribution in [0.1, 0.15) is 27.2 Å². The van der Waals surface area contributed by atoms with Crippen molar-refractivity contribution in [2.24, 2.45) is 0 Å². The molecule has 0 aliphatic heterocycles. The van der Waals surface area contributed by atoms with E-state index in [0.717, 1.165) is 4.90 Å². The van der Waals surface area contributed by atoms with Crippen LogP contribution in [0.15, 0.2) is 52.3 Å². The van der Waals surface area contributed by atoms with Crippen LogP contribution in [-0.4, -0.2) is 32.7 Å². The first kappa shape index (κ1) is 23.5. The lowest BCUT2D eigenvalue weighted by Crippen LogP contribution is -2.30. The zero-order valence-corrected chi connectivity index (χ0v) is 19.1. The number of carbonyl (C=O) groups is 1. The number of amides is 1. The van der Waals surface area contributed by atoms with Gasteiger partial charge in [0.1, 0.15) is 5.75 Å². The molecule has 0 bridgehead atoms. The van der Waals surface area contributed by atoms with Crippen LogP contribution in [0.2, 0.25) is 5.02 Å². The van der Waals surface area contributed by atoms with Gasteiger partial charge in [-0.2, -0.15) is 0 Å². The highest BCUT2D eigenvalue weighted by atomic mass is 35.5. The van der Waals surface area contributed by atoms with Crippen LogP contribution >= 0.6 is 23.4 Å². The molecule has 29 heavy (non-hydrogen) atoms. The van der Waals surface area contributed by atoms with Crippen molar-refractivity contribution in [2.75, 3.05) is 12.4 Å². The van der Waals surface area contributed by atoms with Crippen LogP contribution in [0.3, 0.4) is 0 Å². The zero-order chi connectivity index (χ0) is 21.6. The Balaban J connectivity index is 2.24. The Morgan fingerprint density at radius 2 is 1.83 bits per heavy atom. The topological polar surface area (TPSA) is 84.5 Å². The minimum Gasteiger partial charge on any atom is -0.495 e. The maximum Gasteiger partial charge on any atom is 0.240 e. The first-order valence-electron chi connectivity index (χ1n) is 9.09. The summed E-state index contributed by atoms with van der Waals surface area (Å²) in [6.07, 6.45) is 0.592. The molecule has 0 saturated carbocycles. The van der Waals surface area contributed by atoms with E-state index in [1.165, 1.54) is 37.1 Å². The molecule has 0 radical (unpaired) electrons. The molecule has 0 heterocycles. The van der Waals surface area contributed by atoms with Gasteiger partial charge in [-0.3, -0.25) is 4.79 Å². The number of hydrogen-bond donors (Lipinski definition) is 2. The summed E-state index contributed by atoms with van der Waals surface area (Å²) >= 11 is 7.33. The second-order valence-corrected chi connectivity index (χ2v) is 10.0. The predicted molar refractivity (Wildman–Crippen MR) is 118 cm³/mol. The fourth-order valence-corrected chi connectivity index (χ4v) is 4.90. The Morgan fingerprint density at radius 3 is 2.38 bits per heavy atom. The van der Waals surface area contributed by atoms with Crippen molar-refractivity contribution < 1.29 is 17.9 Å². The Kier molecular flexibility index (Phi) is 8.39. The fourth-order valence-electron chi connectivity index (χ4n) is 2.54. The molecule has 2 aromatic carbocycles. The Bertz CT molecular complexity index is 947. The molecule has 0 saturated heterocycles. The van der Waals surface area contributed by atoms with Gasteiger partial charge in [-0.1, -0.05) is 18.5 Å². The largest absolute Gasteiger partial charge is 0.495 e. The number of carbonyl (C=O) groups excluding carboxylic acids is 1. The van der Waals surface area contributed by atoms with E-state index in [1.54, 1.807) is 26.0 Å². The van der Waals surface area contributed by atoms with Crippen molar-refractivity contribution in [3.05, 3.63) is 47.5 Å². The van der Waals surface area contributed by atoms with Crippen molar-refractivity contribution in [2.45, 2.75) is 48.3 Å². The van der Waals surface area contributed by atoms with Crippen LogP contribution < -0.4 is 14.8 Å². The lowest BCUT2D eigenvalue weighted by molar-refractivity contribution is -0.115. The Labute approximate surface area is 181 Å². The summed E-state index contributed by atoms with van der Waals surface area (Å²) < 4.78 is 32.7. The summed E-state index contributed by atoms with van der Waals surface area (Å²) in [5, 5.41) is 3.07. The van der Waals surface area contributed by atoms with Crippen molar-refractivity contribution in [1.29, 1.82) is 0 Å². The molecule has 6 nitrogen and oxygen atoms in total. The number of thioether (sulfide) groups is 1. The lowest BCUT2D eigenvalue weighted by Gasteiger charge is -2.17. The van der Waals surface area contributed by atoms with Crippen LogP contribution in [-0.2, 0) is 14.8 Å². The van der Waals surface area contributed by atoms with Gasteiger partial charge in [-0.05, 0) is 62.7 Å². The minimum atomic E-state index is -3.70. The number of nitrogens with one attached hydrogen (secondary N) is 2. The number of hydrogen-bond acceptors (Lipinski definition) is 5. The normalized spacial score (nSPS) is 12.6. The van der Waals surface area contributed by atoms with Gasteiger partial charge in [0, 0.05) is 16.0 Å². The molecule has 2 rings (SSSR count). The van der Waals surface area contributed by atoms with Crippen LogP contribution in [0, 0.1) is 0 Å². The van der Waals surface area contributed by atoms with Crippen molar-refractivity contribution in [3.8, 4) is 5.75 Å². The molecule has 0 aliphatic rings. The maximum atomic E-state index is 12.8. The minimum absolute atomic E-state index is 0.0562. The highest BCUT2D eigenvalue weighted by Gasteiger charge is 2.22. The van der Waals surface area contributed by atoms with E-state index in [0.29, 0.717) is 22.9 Å². The van der Waals surface area contributed by atoms with Gasteiger partial charge in [0.25, 0.3) is 0 Å². The number of benzene rings is 2. The quantitative estimate of drug-likeness (QED) is 0.541. The highest BCUT2D eigenvalue weighted by Crippen LogP contribution is 2.31. The molecule has 0 aromatic heterocycles. The predicted octanol–water partition coefficient (Wildman–Crippen LogP) is 4.54. The second kappa shape index (κ2) is 10.3. The van der Waals surface area contributed by atoms with Gasteiger partial charge in [0.15, 0.2) is 0 Å². The van der Waals surface area contributed by atoms with Crippen LogP contribution in [0.5, 0.6) is 5.75 Å². The molecule has 0 spiro atoms. The summed E-state index contributed by atoms with van der Waals surface area (Å²) in [4.78, 5) is 13.8. The molecule has 1 amide bonds. The third-order valence-corrected chi connectivity index (χ3v) is 7.17. The van der Waals surface area contributed by atoms with Gasteiger partial charge in [0.2, 0.25) is 15.9 Å². The van der Waals surface area contributed by atoms with E-state index in [4.69, 9.17) is 16.3 Å². The SMILES string of the molecule is CC[C@H](Sc1ccc(Cl)cc1)C(=O)Nc1cc(S(=O)(=O)NC(C)C)ccc1OC. The summed E-state index contributed by atoms with van der Waals surface area (Å²) in [6.45, 7) is 5.39. The third-order valence-electron chi connectivity index (χ3n) is 3.89. The number of methoxy groups -OCH3 is 1. The summed E-state index contributed by atoms with van der Waals surface area (Å²) in [5.74, 6) is 0.144. The van der Waals surface area contributed by atoms with Crippen molar-refractivity contribution in [3.63, 3.8) is 0 Å². The van der Waals surface area contributed by atoms with Gasteiger partial charge in [0.05, 0.1) is 22.9 Å². The van der Waals surface area contributed by atoms with Gasteiger partial charge in [-0.15, -0.1) is 11.8 Å². The molecular formula is C20H25ClN2O4S2. The number of halogens is 1. The Hall–Kier alpha value is -1.74. The molecule has 158 valence electrons. The van der Waals surface area contributed by atoms with Crippen molar-refractivity contribution in [1.82, 2.24) is 4.72 Å². The standard InChI is InChI=1S/C20H25ClN2O4S2/c1-5-19(28-15-8-6-14(21)7-9-15)20(24)22-17-12-16(10-11-18(17)27-4)29(25,26)23-13(2)3/h6-13,19,23H,5H2,1-4H3,(H,22,24)/t19-/m0/s1. The maximum absolute atomic E-state index is 12.8. The monoisotopic (exact) mass is 456 g/mol. The second-order valence-electron chi connectivity index (χ2n) is 6.60. The van der Waals surface area contributed by atoms with E-state index in [1.807, 2.05) is 19.1 Å². The summed E-state index contributed by atoms with van der Waals surface area (Å²) in [7, 11) is -2.23. The first-order valence-corrected chi connectivity index (χ1v) is 11.8. The van der Waals surface area contributed by atoms with E-state index in [-0.39, 0.29) is 22.1 Å². The third kappa shape index (κ3) is 6.64. The smallest absolute Gasteiger partial charge is 0.240 e. The van der Waals surface area contributed by atoms with E-state index >= 15 is 0 Å². The van der Waals surface area contributed by atoms with E-state index in [9.17, 15) is 13.2 Å². The molecular weight excluding hydrogens is 432 g/mol. The lowest BCUT2D eigenvalue weighted by atomic mass is 10.2. The number of sulfonamides is 1. The first-order chi connectivity index (χ1) is 13.7. The average molecular weight is 457 g/mol. The van der Waals surface area contributed by atoms with Crippen LogP contribution in [0.25, 0.3) is 0 Å². The summed E-state index contributed by atoms with van der Waals surface area (Å²) in [6, 6.07) is 11.4. The molecule has 0 unspecified atom stereocenters.